The van der Waals surface area contributed by atoms with E-state index in [2.05, 4.69) is 28.5 Å². The van der Waals surface area contributed by atoms with E-state index in [1.165, 1.54) is 24.0 Å². The lowest BCUT2D eigenvalue weighted by Gasteiger charge is -2.16. The van der Waals surface area contributed by atoms with Crippen molar-refractivity contribution in [2.45, 2.75) is 51.6 Å². The van der Waals surface area contributed by atoms with Crippen LogP contribution in [0.15, 0.2) is 61.2 Å². The molecule has 1 aliphatic rings. The molecule has 0 fully saturated rings. The van der Waals surface area contributed by atoms with Crippen molar-refractivity contribution in [2.75, 3.05) is 0 Å². The third-order valence-electron chi connectivity index (χ3n) is 5.66. The number of aryl methyl sites for hydroxylation is 2. The average molecular weight is 402 g/mol. The quantitative estimate of drug-likeness (QED) is 0.578. The van der Waals surface area contributed by atoms with Crippen LogP contribution in [0.4, 0.5) is 0 Å². The van der Waals surface area contributed by atoms with Gasteiger partial charge < -0.3 is 9.88 Å². The Morgan fingerprint density at radius 2 is 1.80 bits per heavy atom. The van der Waals surface area contributed by atoms with Crippen LogP contribution in [0.2, 0.25) is 0 Å². The van der Waals surface area contributed by atoms with Crippen LogP contribution in [0.1, 0.15) is 58.3 Å². The SMILES string of the molecule is O=C(CCC(=O)c1ccc2c(c1)CCCC2)NCc1cccc(Cn2ccnc2)c1. The van der Waals surface area contributed by atoms with E-state index >= 15 is 0 Å². The molecule has 1 amide bonds. The van der Waals surface area contributed by atoms with Crippen LogP contribution in [-0.4, -0.2) is 21.2 Å². The van der Waals surface area contributed by atoms with Crippen molar-refractivity contribution in [3.05, 3.63) is 89.0 Å². The molecule has 5 heteroatoms. The number of rotatable bonds is 8. The van der Waals surface area contributed by atoms with Crippen molar-refractivity contribution in [3.63, 3.8) is 0 Å². The molecule has 5 nitrogen and oxygen atoms in total. The lowest BCUT2D eigenvalue weighted by molar-refractivity contribution is -0.121. The largest absolute Gasteiger partial charge is 0.352 e. The van der Waals surface area contributed by atoms with Crippen LogP contribution >= 0.6 is 0 Å². The fourth-order valence-electron chi connectivity index (χ4n) is 4.00. The number of nitrogens with zero attached hydrogens (tertiary/aromatic N) is 2. The summed E-state index contributed by atoms with van der Waals surface area (Å²) < 4.78 is 2.00. The number of Topliss-reactive ketones (excluding diaryl/α,β-unsaturated/α-hetero) is 1. The van der Waals surface area contributed by atoms with Crippen LogP contribution in [0.3, 0.4) is 0 Å². The standard InChI is InChI=1S/C25H27N3O2/c29-24(23-9-8-21-6-1-2-7-22(21)15-23)10-11-25(30)27-16-19-4-3-5-20(14-19)17-28-13-12-26-18-28/h3-5,8-9,12-15,18H,1-2,6-7,10-11,16-17H2,(H,27,30). The van der Waals surface area contributed by atoms with Gasteiger partial charge in [-0.3, -0.25) is 9.59 Å². The normalized spacial score (nSPS) is 12.9. The number of amides is 1. The summed E-state index contributed by atoms with van der Waals surface area (Å²) in [7, 11) is 0. The van der Waals surface area contributed by atoms with Crippen molar-refractivity contribution in [1.29, 1.82) is 0 Å². The molecule has 2 aromatic carbocycles. The number of carbonyl (C=O) groups excluding carboxylic acids is 2. The van der Waals surface area contributed by atoms with E-state index in [1.807, 2.05) is 35.0 Å². The number of aromatic nitrogens is 2. The maximum Gasteiger partial charge on any atom is 0.220 e. The molecule has 1 heterocycles. The number of hydrogen-bond donors (Lipinski definition) is 1. The molecule has 0 aliphatic heterocycles. The van der Waals surface area contributed by atoms with Crippen molar-refractivity contribution in [1.82, 2.24) is 14.9 Å². The summed E-state index contributed by atoms with van der Waals surface area (Å²) in [4.78, 5) is 28.8. The first-order chi connectivity index (χ1) is 14.7. The zero-order chi connectivity index (χ0) is 20.8. The van der Waals surface area contributed by atoms with Gasteiger partial charge in [-0.05, 0) is 54.0 Å². The minimum Gasteiger partial charge on any atom is -0.352 e. The van der Waals surface area contributed by atoms with E-state index in [0.717, 1.165) is 36.1 Å². The van der Waals surface area contributed by atoms with Gasteiger partial charge in [0, 0.05) is 43.9 Å². The predicted octanol–water partition coefficient (Wildman–Crippen LogP) is 4.09. The van der Waals surface area contributed by atoms with E-state index in [0.29, 0.717) is 6.54 Å². The Balaban J connectivity index is 1.25. The summed E-state index contributed by atoms with van der Waals surface area (Å²) in [5.41, 5.74) is 5.60. The smallest absolute Gasteiger partial charge is 0.220 e. The first-order valence-corrected chi connectivity index (χ1v) is 10.6. The fraction of sp³-hybridized carbons (Fsp3) is 0.320. The third-order valence-corrected chi connectivity index (χ3v) is 5.66. The minimum atomic E-state index is -0.0960. The minimum absolute atomic E-state index is 0.0425. The summed E-state index contributed by atoms with van der Waals surface area (Å²) >= 11 is 0. The Labute approximate surface area is 177 Å². The number of fused-ring (bicyclic) bond motifs is 1. The molecule has 0 bridgehead atoms. The van der Waals surface area contributed by atoms with E-state index in [9.17, 15) is 9.59 Å². The van der Waals surface area contributed by atoms with Gasteiger partial charge >= 0.3 is 0 Å². The van der Waals surface area contributed by atoms with Gasteiger partial charge in [0.05, 0.1) is 6.33 Å². The zero-order valence-electron chi connectivity index (χ0n) is 17.1. The number of benzene rings is 2. The Kier molecular flexibility index (Phi) is 6.38. The second kappa shape index (κ2) is 9.53. The molecule has 0 atom stereocenters. The number of imidazole rings is 1. The second-order valence-corrected chi connectivity index (χ2v) is 7.95. The highest BCUT2D eigenvalue weighted by Crippen LogP contribution is 2.23. The average Bonchev–Trinajstić information content (AvgIpc) is 3.29. The van der Waals surface area contributed by atoms with Gasteiger partial charge in [0.15, 0.2) is 5.78 Å². The van der Waals surface area contributed by atoms with Crippen LogP contribution in [-0.2, 0) is 30.7 Å². The van der Waals surface area contributed by atoms with Gasteiger partial charge in [-0.2, -0.15) is 0 Å². The van der Waals surface area contributed by atoms with Crippen molar-refractivity contribution in [3.8, 4) is 0 Å². The van der Waals surface area contributed by atoms with Gasteiger partial charge in [0.2, 0.25) is 5.91 Å². The molecular formula is C25H27N3O2. The number of hydrogen-bond acceptors (Lipinski definition) is 3. The van der Waals surface area contributed by atoms with E-state index in [4.69, 9.17) is 0 Å². The summed E-state index contributed by atoms with van der Waals surface area (Å²) in [6.07, 6.45) is 10.5. The highest BCUT2D eigenvalue weighted by molar-refractivity contribution is 5.98. The molecule has 30 heavy (non-hydrogen) atoms. The van der Waals surface area contributed by atoms with Gasteiger partial charge in [0.1, 0.15) is 0 Å². The highest BCUT2D eigenvalue weighted by Gasteiger charge is 2.14. The highest BCUT2D eigenvalue weighted by atomic mass is 16.2. The molecule has 1 aliphatic carbocycles. The fourth-order valence-corrected chi connectivity index (χ4v) is 4.00. The van der Waals surface area contributed by atoms with Crippen LogP contribution in [0.5, 0.6) is 0 Å². The number of carbonyl (C=O) groups is 2. The molecule has 1 N–H and O–H groups in total. The molecule has 3 aromatic rings. The summed E-state index contributed by atoms with van der Waals surface area (Å²) in [5.74, 6) is -0.0535. The summed E-state index contributed by atoms with van der Waals surface area (Å²) in [5, 5.41) is 2.93. The molecule has 0 unspecified atom stereocenters. The van der Waals surface area contributed by atoms with Crippen molar-refractivity contribution in [2.24, 2.45) is 0 Å². The molecular weight excluding hydrogens is 374 g/mol. The molecule has 0 spiro atoms. The lowest BCUT2D eigenvalue weighted by Crippen LogP contribution is -2.23. The Morgan fingerprint density at radius 3 is 2.63 bits per heavy atom. The third kappa shape index (κ3) is 5.23. The number of ketones is 1. The van der Waals surface area contributed by atoms with Crippen LogP contribution in [0.25, 0.3) is 0 Å². The predicted molar refractivity (Wildman–Crippen MR) is 116 cm³/mol. The molecule has 154 valence electrons. The van der Waals surface area contributed by atoms with Gasteiger partial charge in [-0.1, -0.05) is 36.4 Å². The maximum absolute atomic E-state index is 12.5. The Bertz CT molecular complexity index is 1020. The van der Waals surface area contributed by atoms with E-state index < -0.39 is 0 Å². The lowest BCUT2D eigenvalue weighted by atomic mass is 9.89. The zero-order valence-corrected chi connectivity index (χ0v) is 17.1. The van der Waals surface area contributed by atoms with Crippen molar-refractivity contribution >= 4 is 11.7 Å². The Morgan fingerprint density at radius 1 is 0.967 bits per heavy atom. The van der Waals surface area contributed by atoms with Gasteiger partial charge in [-0.15, -0.1) is 0 Å². The molecule has 4 rings (SSSR count). The monoisotopic (exact) mass is 401 g/mol. The van der Waals surface area contributed by atoms with Crippen LogP contribution in [0, 0.1) is 0 Å². The topological polar surface area (TPSA) is 64.0 Å². The summed E-state index contributed by atoms with van der Waals surface area (Å²) in [6.45, 7) is 1.21. The van der Waals surface area contributed by atoms with E-state index in [1.54, 1.807) is 12.5 Å². The number of nitrogens with one attached hydrogen (secondary N) is 1. The molecule has 0 saturated carbocycles. The first-order valence-electron chi connectivity index (χ1n) is 10.6. The van der Waals surface area contributed by atoms with Crippen LogP contribution < -0.4 is 5.32 Å². The van der Waals surface area contributed by atoms with Crippen molar-refractivity contribution < 1.29 is 9.59 Å². The Hall–Kier alpha value is -3.21. The second-order valence-electron chi connectivity index (χ2n) is 7.95. The molecule has 0 radical (unpaired) electrons. The molecule has 0 saturated heterocycles. The first kappa shape index (κ1) is 20.1. The van der Waals surface area contributed by atoms with Gasteiger partial charge in [-0.25, -0.2) is 4.98 Å². The van der Waals surface area contributed by atoms with Gasteiger partial charge in [0.25, 0.3) is 0 Å². The van der Waals surface area contributed by atoms with E-state index in [-0.39, 0.29) is 24.5 Å². The maximum atomic E-state index is 12.5. The molecule has 1 aromatic heterocycles. The summed E-state index contributed by atoms with van der Waals surface area (Å²) in [6, 6.07) is 14.2.